The molecule has 1 saturated heterocycles. The number of nitrogens with zero attached hydrogens (tertiary/aromatic N) is 2. The summed E-state index contributed by atoms with van der Waals surface area (Å²) in [5.74, 6) is 0. The molecule has 0 amide bonds. The average molecular weight is 243 g/mol. The van der Waals surface area contributed by atoms with Crippen molar-refractivity contribution in [3.8, 4) is 6.07 Å². The number of anilines is 1. The first-order valence-electron chi connectivity index (χ1n) is 6.82. The Kier molecular flexibility index (Phi) is 4.60. The number of benzene rings is 1. The molecule has 0 aromatic heterocycles. The number of nitriles is 1. The Morgan fingerprint density at radius 2 is 2.39 bits per heavy atom. The lowest BCUT2D eigenvalue weighted by Gasteiger charge is -2.36. The average Bonchev–Trinajstić information content (AvgIpc) is 2.46. The minimum Gasteiger partial charge on any atom is -0.367 e. The summed E-state index contributed by atoms with van der Waals surface area (Å²) < 4.78 is 0. The van der Waals surface area contributed by atoms with Gasteiger partial charge in [0.05, 0.1) is 11.6 Å². The Balaban J connectivity index is 2.19. The molecule has 1 heterocycles. The second kappa shape index (κ2) is 6.42. The standard InChI is InChI=1S/C15H21N3/c1-2-9-18(15-7-4-8-17-12-15)14-6-3-5-13(10-14)11-16/h3,5-6,10,15,17H,2,4,7-9,12H2,1H3. The zero-order valence-electron chi connectivity index (χ0n) is 11.0. The molecular formula is C15H21N3. The third-order valence-corrected chi connectivity index (χ3v) is 3.48. The summed E-state index contributed by atoms with van der Waals surface area (Å²) in [5, 5.41) is 12.5. The van der Waals surface area contributed by atoms with Crippen LogP contribution in [0, 0.1) is 11.3 Å². The van der Waals surface area contributed by atoms with Crippen LogP contribution in [-0.2, 0) is 0 Å². The van der Waals surface area contributed by atoms with Crippen LogP contribution in [0.3, 0.4) is 0 Å². The minimum atomic E-state index is 0.563. The molecule has 18 heavy (non-hydrogen) atoms. The van der Waals surface area contributed by atoms with Crippen LogP contribution in [0.4, 0.5) is 5.69 Å². The smallest absolute Gasteiger partial charge is 0.0992 e. The first-order chi connectivity index (χ1) is 8.85. The predicted molar refractivity (Wildman–Crippen MR) is 74.7 cm³/mol. The van der Waals surface area contributed by atoms with E-state index in [9.17, 15) is 0 Å². The fourth-order valence-electron chi connectivity index (χ4n) is 2.62. The second-order valence-corrected chi connectivity index (χ2v) is 4.86. The maximum atomic E-state index is 9.00. The molecule has 0 aliphatic carbocycles. The van der Waals surface area contributed by atoms with Gasteiger partial charge in [0.15, 0.2) is 0 Å². The number of hydrogen-bond donors (Lipinski definition) is 1. The summed E-state index contributed by atoms with van der Waals surface area (Å²) in [5.41, 5.74) is 1.93. The lowest BCUT2D eigenvalue weighted by Crippen LogP contribution is -2.46. The van der Waals surface area contributed by atoms with E-state index in [0.717, 1.165) is 31.6 Å². The maximum absolute atomic E-state index is 9.00. The van der Waals surface area contributed by atoms with Crippen LogP contribution in [0.5, 0.6) is 0 Å². The molecule has 96 valence electrons. The summed E-state index contributed by atoms with van der Waals surface area (Å²) in [6.45, 7) is 5.45. The monoisotopic (exact) mass is 243 g/mol. The lowest BCUT2D eigenvalue weighted by molar-refractivity contribution is 0.431. The van der Waals surface area contributed by atoms with Crippen molar-refractivity contribution < 1.29 is 0 Å². The summed E-state index contributed by atoms with van der Waals surface area (Å²) >= 11 is 0. The third-order valence-electron chi connectivity index (χ3n) is 3.48. The molecule has 1 aromatic carbocycles. The van der Waals surface area contributed by atoms with E-state index in [1.165, 1.54) is 18.5 Å². The van der Waals surface area contributed by atoms with Crippen molar-refractivity contribution >= 4 is 5.69 Å². The number of hydrogen-bond acceptors (Lipinski definition) is 3. The van der Waals surface area contributed by atoms with E-state index in [-0.39, 0.29) is 0 Å². The van der Waals surface area contributed by atoms with E-state index in [4.69, 9.17) is 5.26 Å². The summed E-state index contributed by atoms with van der Waals surface area (Å²) in [7, 11) is 0. The normalized spacial score (nSPS) is 19.2. The Morgan fingerprint density at radius 3 is 3.06 bits per heavy atom. The highest BCUT2D eigenvalue weighted by atomic mass is 15.2. The zero-order valence-corrected chi connectivity index (χ0v) is 11.0. The fourth-order valence-corrected chi connectivity index (χ4v) is 2.62. The molecule has 1 N–H and O–H groups in total. The van der Waals surface area contributed by atoms with E-state index < -0.39 is 0 Å². The Hall–Kier alpha value is -1.53. The molecule has 0 spiro atoms. The van der Waals surface area contributed by atoms with Gasteiger partial charge in [-0.15, -0.1) is 0 Å². The molecular weight excluding hydrogens is 222 g/mol. The van der Waals surface area contributed by atoms with Crippen molar-refractivity contribution in [3.63, 3.8) is 0 Å². The van der Waals surface area contributed by atoms with Gasteiger partial charge in [-0.25, -0.2) is 0 Å². The van der Waals surface area contributed by atoms with E-state index in [1.54, 1.807) is 0 Å². The number of rotatable bonds is 4. The quantitative estimate of drug-likeness (QED) is 0.883. The van der Waals surface area contributed by atoms with Crippen molar-refractivity contribution in [2.75, 3.05) is 24.5 Å². The van der Waals surface area contributed by atoms with Crippen LogP contribution in [-0.4, -0.2) is 25.7 Å². The molecule has 1 aliphatic heterocycles. The van der Waals surface area contributed by atoms with Crippen molar-refractivity contribution in [2.45, 2.75) is 32.2 Å². The predicted octanol–water partition coefficient (Wildman–Crippen LogP) is 2.53. The van der Waals surface area contributed by atoms with Gasteiger partial charge in [-0.2, -0.15) is 5.26 Å². The molecule has 3 nitrogen and oxygen atoms in total. The lowest BCUT2D eigenvalue weighted by atomic mass is 10.0. The number of nitrogens with one attached hydrogen (secondary N) is 1. The van der Waals surface area contributed by atoms with Crippen LogP contribution < -0.4 is 10.2 Å². The van der Waals surface area contributed by atoms with Gasteiger partial charge >= 0.3 is 0 Å². The van der Waals surface area contributed by atoms with E-state index >= 15 is 0 Å². The SMILES string of the molecule is CCCN(c1cccc(C#N)c1)C1CCCNC1. The molecule has 1 fully saturated rings. The van der Waals surface area contributed by atoms with Gasteiger partial charge in [0.1, 0.15) is 0 Å². The highest BCUT2D eigenvalue weighted by Crippen LogP contribution is 2.22. The van der Waals surface area contributed by atoms with Gasteiger partial charge in [0.2, 0.25) is 0 Å². The Labute approximate surface area is 109 Å². The molecule has 0 saturated carbocycles. The van der Waals surface area contributed by atoms with Crippen LogP contribution in [0.1, 0.15) is 31.7 Å². The van der Waals surface area contributed by atoms with Crippen LogP contribution in [0.25, 0.3) is 0 Å². The Bertz CT molecular complexity index is 416. The van der Waals surface area contributed by atoms with Crippen molar-refractivity contribution in [1.82, 2.24) is 5.32 Å². The van der Waals surface area contributed by atoms with Crippen molar-refractivity contribution in [1.29, 1.82) is 5.26 Å². The van der Waals surface area contributed by atoms with Gasteiger partial charge in [-0.3, -0.25) is 0 Å². The second-order valence-electron chi connectivity index (χ2n) is 4.86. The molecule has 0 bridgehead atoms. The topological polar surface area (TPSA) is 39.1 Å². The van der Waals surface area contributed by atoms with Crippen LogP contribution >= 0.6 is 0 Å². The van der Waals surface area contributed by atoms with Gasteiger partial charge < -0.3 is 10.2 Å². The highest BCUT2D eigenvalue weighted by Gasteiger charge is 2.20. The molecule has 3 heteroatoms. The molecule has 1 unspecified atom stereocenters. The third kappa shape index (κ3) is 3.02. The first-order valence-corrected chi connectivity index (χ1v) is 6.82. The first kappa shape index (κ1) is 12.9. The van der Waals surface area contributed by atoms with E-state index in [1.807, 2.05) is 18.2 Å². The Morgan fingerprint density at radius 1 is 1.50 bits per heavy atom. The highest BCUT2D eigenvalue weighted by molar-refractivity contribution is 5.52. The molecule has 1 aromatic rings. The largest absolute Gasteiger partial charge is 0.367 e. The summed E-state index contributed by atoms with van der Waals surface area (Å²) in [6.07, 6.45) is 3.61. The summed E-state index contributed by atoms with van der Waals surface area (Å²) in [4.78, 5) is 2.45. The molecule has 1 aliphatic rings. The molecule has 1 atom stereocenters. The zero-order chi connectivity index (χ0) is 12.8. The van der Waals surface area contributed by atoms with Gasteiger partial charge in [0, 0.05) is 24.8 Å². The van der Waals surface area contributed by atoms with Crippen molar-refractivity contribution in [3.05, 3.63) is 29.8 Å². The molecule has 0 radical (unpaired) electrons. The van der Waals surface area contributed by atoms with Crippen LogP contribution in [0.2, 0.25) is 0 Å². The summed E-state index contributed by atoms with van der Waals surface area (Å²) in [6, 6.07) is 10.8. The maximum Gasteiger partial charge on any atom is 0.0992 e. The van der Waals surface area contributed by atoms with Gasteiger partial charge in [-0.05, 0) is 44.0 Å². The van der Waals surface area contributed by atoms with Crippen LogP contribution in [0.15, 0.2) is 24.3 Å². The minimum absolute atomic E-state index is 0.563. The van der Waals surface area contributed by atoms with E-state index in [0.29, 0.717) is 6.04 Å². The number of piperidine rings is 1. The van der Waals surface area contributed by atoms with Gasteiger partial charge in [-0.1, -0.05) is 13.0 Å². The fraction of sp³-hybridized carbons (Fsp3) is 0.533. The van der Waals surface area contributed by atoms with Gasteiger partial charge in [0.25, 0.3) is 0 Å². The molecule has 2 rings (SSSR count). The van der Waals surface area contributed by atoms with E-state index in [2.05, 4.69) is 29.3 Å². The van der Waals surface area contributed by atoms with Crippen molar-refractivity contribution in [2.24, 2.45) is 0 Å².